The lowest BCUT2D eigenvalue weighted by Gasteiger charge is -2.13. The number of nitrogens with one attached hydrogen (secondary N) is 1. The van der Waals surface area contributed by atoms with E-state index in [0.717, 1.165) is 12.0 Å². The summed E-state index contributed by atoms with van der Waals surface area (Å²) < 4.78 is 11.3. The van der Waals surface area contributed by atoms with Crippen LogP contribution in [0.25, 0.3) is 0 Å². The quantitative estimate of drug-likeness (QED) is 0.382. The molecule has 0 saturated carbocycles. The van der Waals surface area contributed by atoms with E-state index in [-0.39, 0.29) is 5.69 Å². The number of ether oxygens (including phenoxy) is 2. The Labute approximate surface area is 156 Å². The normalized spacial score (nSPS) is 10.7. The molecule has 0 heterocycles. The molecule has 0 amide bonds. The summed E-state index contributed by atoms with van der Waals surface area (Å²) in [5.41, 5.74) is 4.20. The van der Waals surface area contributed by atoms with Crippen LogP contribution in [-0.2, 0) is 0 Å². The van der Waals surface area contributed by atoms with Crippen molar-refractivity contribution < 1.29 is 14.4 Å². The molecule has 0 aliphatic heterocycles. The van der Waals surface area contributed by atoms with Gasteiger partial charge in [0.05, 0.1) is 35.1 Å². The van der Waals surface area contributed by atoms with Crippen LogP contribution in [0.5, 0.6) is 11.5 Å². The number of nitro benzene ring substituents is 1. The van der Waals surface area contributed by atoms with E-state index >= 15 is 0 Å². The van der Waals surface area contributed by atoms with Gasteiger partial charge in [0.1, 0.15) is 0 Å². The molecule has 2 aromatic rings. The predicted molar refractivity (Wildman–Crippen MR) is 103 cm³/mol. The molecule has 0 radical (unpaired) electrons. The van der Waals surface area contributed by atoms with Crippen molar-refractivity contribution in [3.8, 4) is 11.5 Å². The Morgan fingerprint density at radius 2 is 1.96 bits per heavy atom. The van der Waals surface area contributed by atoms with Crippen molar-refractivity contribution in [2.75, 3.05) is 18.6 Å². The van der Waals surface area contributed by atoms with Crippen molar-refractivity contribution in [2.45, 2.75) is 20.3 Å². The maximum Gasteiger partial charge on any atom is 0.269 e. The Morgan fingerprint density at radius 3 is 2.58 bits per heavy atom. The molecule has 0 atom stereocenters. The lowest BCUT2D eigenvalue weighted by Crippen LogP contribution is -2.02. The second-order valence-electron chi connectivity index (χ2n) is 5.29. The van der Waals surface area contributed by atoms with Gasteiger partial charge in [0.15, 0.2) is 11.5 Å². The highest BCUT2D eigenvalue weighted by molar-refractivity contribution is 6.32. The number of benzene rings is 2. The third-order valence-corrected chi connectivity index (χ3v) is 3.55. The molecule has 7 nitrogen and oxygen atoms in total. The van der Waals surface area contributed by atoms with Crippen molar-refractivity contribution in [3.63, 3.8) is 0 Å². The molecule has 2 rings (SSSR count). The fraction of sp³-hybridized carbons (Fsp3) is 0.278. The topological polar surface area (TPSA) is 86.0 Å². The van der Waals surface area contributed by atoms with Gasteiger partial charge in [-0.25, -0.2) is 0 Å². The molecule has 8 heteroatoms. The first-order chi connectivity index (χ1) is 12.5. The van der Waals surface area contributed by atoms with Crippen molar-refractivity contribution in [3.05, 3.63) is 57.1 Å². The Balaban J connectivity index is 2.12. The molecular weight excluding hydrogens is 358 g/mol. The van der Waals surface area contributed by atoms with Crippen LogP contribution < -0.4 is 14.9 Å². The van der Waals surface area contributed by atoms with Crippen molar-refractivity contribution >= 4 is 29.2 Å². The summed E-state index contributed by atoms with van der Waals surface area (Å²) >= 11 is 6.30. The van der Waals surface area contributed by atoms with Crippen LogP contribution in [0.1, 0.15) is 25.8 Å². The van der Waals surface area contributed by atoms with E-state index in [4.69, 9.17) is 21.1 Å². The largest absolute Gasteiger partial charge is 0.490 e. The van der Waals surface area contributed by atoms with Crippen molar-refractivity contribution in [1.29, 1.82) is 0 Å². The molecule has 0 saturated heterocycles. The average molecular weight is 378 g/mol. The second-order valence-corrected chi connectivity index (χ2v) is 5.69. The van der Waals surface area contributed by atoms with Gasteiger partial charge in [-0.2, -0.15) is 5.10 Å². The van der Waals surface area contributed by atoms with Crippen LogP contribution in [0.15, 0.2) is 41.5 Å². The van der Waals surface area contributed by atoms with E-state index in [0.29, 0.717) is 35.4 Å². The number of anilines is 1. The van der Waals surface area contributed by atoms with Crippen LogP contribution in [0.3, 0.4) is 0 Å². The fourth-order valence-electron chi connectivity index (χ4n) is 2.11. The zero-order valence-electron chi connectivity index (χ0n) is 14.6. The minimum absolute atomic E-state index is 0.0235. The molecule has 0 spiro atoms. The molecule has 0 aromatic heterocycles. The molecule has 0 aliphatic rings. The maximum atomic E-state index is 10.6. The van der Waals surface area contributed by atoms with Gasteiger partial charge in [-0.05, 0) is 43.2 Å². The maximum absolute atomic E-state index is 10.6. The smallest absolute Gasteiger partial charge is 0.269 e. The van der Waals surface area contributed by atoms with Crippen LogP contribution in [-0.4, -0.2) is 24.4 Å². The summed E-state index contributed by atoms with van der Waals surface area (Å²) in [7, 11) is 0. The minimum atomic E-state index is -0.452. The molecule has 0 aliphatic carbocycles. The zero-order valence-corrected chi connectivity index (χ0v) is 15.3. The molecule has 26 heavy (non-hydrogen) atoms. The standard InChI is InChI=1S/C18H20ClN3O4/c1-3-9-26-18-16(19)10-13(11-17(18)25-4-2)12-20-21-14-5-7-15(8-6-14)22(23)24/h5-8,10-12,21H,3-4,9H2,1-2H3/b20-12+. The molecule has 2 aromatic carbocycles. The Morgan fingerprint density at radius 1 is 1.23 bits per heavy atom. The second kappa shape index (κ2) is 9.62. The van der Waals surface area contributed by atoms with Gasteiger partial charge < -0.3 is 9.47 Å². The average Bonchev–Trinajstić information content (AvgIpc) is 2.62. The number of nitro groups is 1. The van der Waals surface area contributed by atoms with Crippen LogP contribution in [0.4, 0.5) is 11.4 Å². The number of non-ortho nitro benzene ring substituents is 1. The number of halogens is 1. The number of nitrogens with zero attached hydrogens (tertiary/aromatic N) is 2. The Hall–Kier alpha value is -2.80. The van der Waals surface area contributed by atoms with Crippen LogP contribution in [0.2, 0.25) is 5.02 Å². The number of hydrogen-bond donors (Lipinski definition) is 1. The summed E-state index contributed by atoms with van der Waals surface area (Å²) in [6.45, 7) is 4.93. The van der Waals surface area contributed by atoms with Crippen molar-refractivity contribution in [1.82, 2.24) is 0 Å². The summed E-state index contributed by atoms with van der Waals surface area (Å²) in [5, 5.41) is 15.2. The lowest BCUT2D eigenvalue weighted by molar-refractivity contribution is -0.384. The van der Waals surface area contributed by atoms with Gasteiger partial charge in [0.25, 0.3) is 5.69 Å². The van der Waals surface area contributed by atoms with E-state index in [2.05, 4.69) is 10.5 Å². The molecule has 0 fully saturated rings. The number of rotatable bonds is 9. The van der Waals surface area contributed by atoms with E-state index in [9.17, 15) is 10.1 Å². The Kier molecular flexibility index (Phi) is 7.23. The highest BCUT2D eigenvalue weighted by Crippen LogP contribution is 2.36. The van der Waals surface area contributed by atoms with E-state index < -0.39 is 4.92 Å². The zero-order chi connectivity index (χ0) is 18.9. The summed E-state index contributed by atoms with van der Waals surface area (Å²) in [4.78, 5) is 10.2. The SMILES string of the molecule is CCCOc1c(Cl)cc(/C=N/Nc2ccc([N+](=O)[O-])cc2)cc1OCC. The molecule has 0 unspecified atom stereocenters. The fourth-order valence-corrected chi connectivity index (χ4v) is 2.38. The van der Waals surface area contributed by atoms with Gasteiger partial charge in [-0.1, -0.05) is 18.5 Å². The number of hydrazone groups is 1. The van der Waals surface area contributed by atoms with E-state index in [1.54, 1.807) is 30.5 Å². The molecule has 1 N–H and O–H groups in total. The first-order valence-corrected chi connectivity index (χ1v) is 8.55. The third kappa shape index (κ3) is 5.35. The van der Waals surface area contributed by atoms with Gasteiger partial charge >= 0.3 is 0 Å². The molecule has 0 bridgehead atoms. The minimum Gasteiger partial charge on any atom is -0.490 e. The van der Waals surface area contributed by atoms with Gasteiger partial charge in [0, 0.05) is 12.1 Å². The first kappa shape index (κ1) is 19.5. The highest BCUT2D eigenvalue weighted by Gasteiger charge is 2.12. The van der Waals surface area contributed by atoms with Crippen LogP contribution in [0, 0.1) is 10.1 Å². The van der Waals surface area contributed by atoms with E-state index in [1.165, 1.54) is 12.1 Å². The predicted octanol–water partition coefficient (Wildman–Crippen LogP) is 4.88. The van der Waals surface area contributed by atoms with E-state index in [1.807, 2.05) is 13.8 Å². The number of hydrogen-bond acceptors (Lipinski definition) is 6. The summed E-state index contributed by atoms with van der Waals surface area (Å²) in [6.07, 6.45) is 2.45. The summed E-state index contributed by atoms with van der Waals surface area (Å²) in [6, 6.07) is 9.49. The van der Waals surface area contributed by atoms with Gasteiger partial charge in [-0.3, -0.25) is 15.5 Å². The monoisotopic (exact) mass is 377 g/mol. The third-order valence-electron chi connectivity index (χ3n) is 3.27. The molecular formula is C18H20ClN3O4. The Bertz CT molecular complexity index is 779. The first-order valence-electron chi connectivity index (χ1n) is 8.17. The lowest BCUT2D eigenvalue weighted by atomic mass is 10.2. The van der Waals surface area contributed by atoms with Gasteiger partial charge in [-0.15, -0.1) is 0 Å². The van der Waals surface area contributed by atoms with Crippen molar-refractivity contribution in [2.24, 2.45) is 5.10 Å². The van der Waals surface area contributed by atoms with Gasteiger partial charge in [0.2, 0.25) is 0 Å². The summed E-state index contributed by atoms with van der Waals surface area (Å²) in [5.74, 6) is 1.08. The molecule has 138 valence electrons. The highest BCUT2D eigenvalue weighted by atomic mass is 35.5. The van der Waals surface area contributed by atoms with Crippen LogP contribution >= 0.6 is 11.6 Å².